The van der Waals surface area contributed by atoms with Gasteiger partial charge in [0, 0.05) is 0 Å². The van der Waals surface area contributed by atoms with Gasteiger partial charge in [-0.25, -0.2) is 9.37 Å². The number of hydrogen-bond acceptors (Lipinski definition) is 5. The maximum Gasteiger partial charge on any atom is 0.256 e. The highest BCUT2D eigenvalue weighted by molar-refractivity contribution is 8.00. The Morgan fingerprint density at radius 3 is 2.90 bits per heavy atom. The highest BCUT2D eigenvalue weighted by Crippen LogP contribution is 2.25. The zero-order valence-corrected chi connectivity index (χ0v) is 11.8. The fourth-order valence-electron chi connectivity index (χ4n) is 1.47. The van der Waals surface area contributed by atoms with Gasteiger partial charge in [0.1, 0.15) is 12.1 Å². The van der Waals surface area contributed by atoms with E-state index in [2.05, 4.69) is 10.3 Å². The molecule has 0 aliphatic heterocycles. The van der Waals surface area contributed by atoms with Crippen molar-refractivity contribution in [1.29, 1.82) is 0 Å². The maximum atomic E-state index is 12.9. The molecule has 0 saturated heterocycles. The number of oxazole rings is 1. The van der Waals surface area contributed by atoms with Gasteiger partial charge >= 0.3 is 0 Å². The van der Waals surface area contributed by atoms with Crippen molar-refractivity contribution in [2.24, 2.45) is 0 Å². The first-order valence-corrected chi connectivity index (χ1v) is 6.78. The predicted molar refractivity (Wildman–Crippen MR) is 76.0 cm³/mol. The first-order valence-electron chi connectivity index (χ1n) is 5.90. The van der Waals surface area contributed by atoms with Crippen molar-refractivity contribution in [2.45, 2.75) is 24.3 Å². The second kappa shape index (κ2) is 5.96. The molecule has 1 unspecified atom stereocenters. The van der Waals surface area contributed by atoms with Gasteiger partial charge in [0.05, 0.1) is 22.3 Å². The van der Waals surface area contributed by atoms with Crippen LogP contribution in [0.2, 0.25) is 0 Å². The molecule has 0 bridgehead atoms. The van der Waals surface area contributed by atoms with Crippen LogP contribution in [0.15, 0.2) is 34.1 Å². The molecule has 106 valence electrons. The lowest BCUT2D eigenvalue weighted by atomic mass is 10.2. The summed E-state index contributed by atoms with van der Waals surface area (Å²) < 4.78 is 18.1. The molecule has 1 atom stereocenters. The smallest absolute Gasteiger partial charge is 0.256 e. The van der Waals surface area contributed by atoms with Gasteiger partial charge in [-0.05, 0) is 32.0 Å². The van der Waals surface area contributed by atoms with E-state index in [9.17, 15) is 9.18 Å². The van der Waals surface area contributed by atoms with Crippen molar-refractivity contribution in [3.8, 4) is 0 Å². The minimum atomic E-state index is -0.446. The van der Waals surface area contributed by atoms with E-state index in [4.69, 9.17) is 10.2 Å². The average Bonchev–Trinajstić information content (AvgIpc) is 2.78. The van der Waals surface area contributed by atoms with Crippen LogP contribution in [-0.2, 0) is 4.79 Å². The van der Waals surface area contributed by atoms with E-state index in [0.717, 1.165) is 11.8 Å². The van der Waals surface area contributed by atoms with Crippen molar-refractivity contribution in [2.75, 3.05) is 11.1 Å². The molecule has 0 saturated carbocycles. The summed E-state index contributed by atoms with van der Waals surface area (Å²) in [6, 6.07) is 3.82. The summed E-state index contributed by atoms with van der Waals surface area (Å²) in [5, 5.41) is 2.65. The van der Waals surface area contributed by atoms with Crippen molar-refractivity contribution in [3.05, 3.63) is 36.0 Å². The molecule has 0 spiro atoms. The second-order valence-electron chi connectivity index (χ2n) is 4.24. The second-order valence-corrected chi connectivity index (χ2v) is 5.53. The molecule has 1 aromatic heterocycles. The summed E-state index contributed by atoms with van der Waals surface area (Å²) in [6.07, 6.45) is 1.52. The number of nitrogens with zero attached hydrogens (tertiary/aromatic N) is 1. The summed E-state index contributed by atoms with van der Waals surface area (Å²) in [5.41, 5.74) is 6.95. The first kappa shape index (κ1) is 14.4. The van der Waals surface area contributed by atoms with E-state index in [1.165, 1.54) is 30.2 Å². The number of anilines is 2. The van der Waals surface area contributed by atoms with Crippen LogP contribution in [0.25, 0.3) is 0 Å². The lowest BCUT2D eigenvalue weighted by Crippen LogP contribution is -2.23. The lowest BCUT2D eigenvalue weighted by molar-refractivity contribution is -0.115. The van der Waals surface area contributed by atoms with Crippen LogP contribution in [0, 0.1) is 12.7 Å². The summed E-state index contributed by atoms with van der Waals surface area (Å²) in [7, 11) is 0. The third kappa shape index (κ3) is 3.51. The number of nitrogen functional groups attached to an aromatic ring is 1. The van der Waals surface area contributed by atoms with Crippen LogP contribution in [-0.4, -0.2) is 16.1 Å². The molecule has 0 aliphatic rings. The quantitative estimate of drug-likeness (QED) is 0.669. The number of aryl methyl sites for hydroxylation is 1. The van der Waals surface area contributed by atoms with E-state index in [1.54, 1.807) is 13.8 Å². The normalized spacial score (nSPS) is 12.2. The molecule has 3 N–H and O–H groups in total. The highest BCUT2D eigenvalue weighted by atomic mass is 32.2. The Bertz CT molecular complexity index is 630. The fourth-order valence-corrected chi connectivity index (χ4v) is 2.24. The standard InChI is InChI=1S/C13H14FN3O2S/c1-7-6-19-13(16-7)20-8(2)12(18)17-11-4-3-9(14)5-10(11)15/h3-6,8H,15H2,1-2H3,(H,17,18). The summed E-state index contributed by atoms with van der Waals surface area (Å²) in [4.78, 5) is 16.1. The third-order valence-electron chi connectivity index (χ3n) is 2.52. The van der Waals surface area contributed by atoms with Crippen molar-refractivity contribution in [1.82, 2.24) is 4.98 Å². The number of nitrogens with two attached hydrogens (primary N) is 1. The van der Waals surface area contributed by atoms with Gasteiger partial charge < -0.3 is 15.5 Å². The molecule has 1 amide bonds. The van der Waals surface area contributed by atoms with Crippen LogP contribution in [0.5, 0.6) is 0 Å². The summed E-state index contributed by atoms with van der Waals surface area (Å²) in [5.74, 6) is -0.706. The molecule has 2 aromatic rings. The number of hydrogen-bond donors (Lipinski definition) is 2. The van der Waals surface area contributed by atoms with E-state index in [1.807, 2.05) is 0 Å². The topological polar surface area (TPSA) is 81.2 Å². The van der Waals surface area contributed by atoms with Gasteiger partial charge in [0.15, 0.2) is 0 Å². The average molecular weight is 295 g/mol. The number of halogens is 1. The van der Waals surface area contributed by atoms with Gasteiger partial charge in [-0.1, -0.05) is 11.8 Å². The number of carbonyl (C=O) groups is 1. The number of amides is 1. The van der Waals surface area contributed by atoms with Gasteiger partial charge in [0.25, 0.3) is 5.22 Å². The molecule has 20 heavy (non-hydrogen) atoms. The Labute approximate surface area is 119 Å². The van der Waals surface area contributed by atoms with Crippen molar-refractivity contribution in [3.63, 3.8) is 0 Å². The molecular weight excluding hydrogens is 281 g/mol. The van der Waals surface area contributed by atoms with Crippen LogP contribution in [0.3, 0.4) is 0 Å². The molecule has 1 heterocycles. The Hall–Kier alpha value is -2.02. The van der Waals surface area contributed by atoms with Crippen molar-refractivity contribution >= 4 is 29.0 Å². The number of nitrogens with one attached hydrogen (secondary N) is 1. The SMILES string of the molecule is Cc1coc(SC(C)C(=O)Nc2ccc(F)cc2N)n1. The van der Waals surface area contributed by atoms with Gasteiger partial charge in [0.2, 0.25) is 5.91 Å². The number of aromatic nitrogens is 1. The summed E-state index contributed by atoms with van der Waals surface area (Å²) in [6.45, 7) is 3.52. The lowest BCUT2D eigenvalue weighted by Gasteiger charge is -2.11. The van der Waals surface area contributed by atoms with Crippen LogP contribution in [0.1, 0.15) is 12.6 Å². The zero-order chi connectivity index (χ0) is 14.7. The van der Waals surface area contributed by atoms with E-state index in [-0.39, 0.29) is 11.6 Å². The van der Waals surface area contributed by atoms with E-state index in [0.29, 0.717) is 10.9 Å². The number of carbonyl (C=O) groups excluding carboxylic acids is 1. The molecule has 0 fully saturated rings. The molecule has 1 aromatic carbocycles. The largest absolute Gasteiger partial charge is 0.440 e. The van der Waals surface area contributed by atoms with E-state index < -0.39 is 11.1 Å². The van der Waals surface area contributed by atoms with Gasteiger partial charge in [-0.2, -0.15) is 0 Å². The summed E-state index contributed by atoms with van der Waals surface area (Å²) >= 11 is 1.20. The zero-order valence-electron chi connectivity index (χ0n) is 11.0. The predicted octanol–water partition coefficient (Wildman–Crippen LogP) is 2.82. The number of thioether (sulfide) groups is 1. The third-order valence-corrected chi connectivity index (χ3v) is 3.47. The Balaban J connectivity index is 2.00. The minimum absolute atomic E-state index is 0.183. The highest BCUT2D eigenvalue weighted by Gasteiger charge is 2.18. The van der Waals surface area contributed by atoms with Crippen LogP contribution < -0.4 is 11.1 Å². The number of rotatable bonds is 4. The molecule has 7 heteroatoms. The first-order chi connectivity index (χ1) is 9.45. The molecule has 0 aliphatic carbocycles. The monoisotopic (exact) mass is 295 g/mol. The molecule has 2 rings (SSSR count). The maximum absolute atomic E-state index is 12.9. The van der Waals surface area contributed by atoms with Gasteiger partial charge in [-0.3, -0.25) is 4.79 Å². The number of benzene rings is 1. The van der Waals surface area contributed by atoms with Crippen molar-refractivity contribution < 1.29 is 13.6 Å². The van der Waals surface area contributed by atoms with E-state index >= 15 is 0 Å². The van der Waals surface area contributed by atoms with Crippen LogP contribution in [0.4, 0.5) is 15.8 Å². The molecular formula is C13H14FN3O2S. The fraction of sp³-hybridized carbons (Fsp3) is 0.231. The molecule has 0 radical (unpaired) electrons. The van der Waals surface area contributed by atoms with Crippen LogP contribution >= 0.6 is 11.8 Å². The Morgan fingerprint density at radius 1 is 1.55 bits per heavy atom. The van der Waals surface area contributed by atoms with Gasteiger partial charge in [-0.15, -0.1) is 0 Å². The Kier molecular flexibility index (Phi) is 4.29. The Morgan fingerprint density at radius 2 is 2.30 bits per heavy atom. The minimum Gasteiger partial charge on any atom is -0.440 e. The molecule has 5 nitrogen and oxygen atoms in total.